The summed E-state index contributed by atoms with van der Waals surface area (Å²) in [4.78, 5) is 56.1. The molecule has 0 heterocycles. The minimum atomic E-state index is -0.309. The minimum absolute atomic E-state index is 0.127. The number of rotatable bonds is 20. The van der Waals surface area contributed by atoms with Crippen LogP contribution in [0.15, 0.2) is 0 Å². The molecule has 0 aromatic rings. The van der Waals surface area contributed by atoms with Gasteiger partial charge in [0.25, 0.3) is 0 Å². The Morgan fingerprint density at radius 2 is 0.426 bits per heavy atom. The number of hydrogen-bond donors (Lipinski definition) is 0. The highest BCUT2D eigenvalue weighted by atomic mass is 16.5. The molecule has 0 aromatic carbocycles. The molecule has 5 saturated carbocycles. The second kappa shape index (κ2) is 27.4. The van der Waals surface area contributed by atoms with E-state index in [4.69, 9.17) is 56.8 Å². The van der Waals surface area contributed by atoms with Crippen LogP contribution in [0.1, 0.15) is 105 Å². The summed E-state index contributed by atoms with van der Waals surface area (Å²) in [5.41, 5.74) is 0. The highest BCUT2D eigenvalue weighted by molar-refractivity contribution is 5.71. The van der Waals surface area contributed by atoms with Crippen LogP contribution in [0.2, 0.25) is 0 Å². The van der Waals surface area contributed by atoms with Crippen molar-refractivity contribution in [1.29, 1.82) is 0 Å². The molecule has 0 aliphatic heterocycles. The van der Waals surface area contributed by atoms with Gasteiger partial charge in [0.05, 0.1) is 75.3 Å². The molecule has 5 aliphatic rings. The standard InChI is InChI=1S/C52H88O16/c1-13-65-49(53)21-29-33-17-35(43(59-7)25-41(33)57-5)30(22-50(54)66-14-2)37-19-39(47(63-11)27-45(37)61-9)32(24-52(56)68-16-4)40-20-38(46(62-10)28-48(40)64-12)31(23-51(55)67-15-3)36-18-34(29)42(58-6)26-44(36)60-8/h29-48H,13-28H2,1-12H3. The van der Waals surface area contributed by atoms with Crippen LogP contribution in [0, 0.1) is 71.0 Å². The van der Waals surface area contributed by atoms with Crippen molar-refractivity contribution in [2.75, 3.05) is 83.3 Å². The molecule has 8 bridgehead atoms. The minimum Gasteiger partial charge on any atom is -0.466 e. The van der Waals surface area contributed by atoms with Crippen molar-refractivity contribution in [2.45, 2.75) is 154 Å². The smallest absolute Gasteiger partial charge is 0.306 e. The van der Waals surface area contributed by atoms with Crippen LogP contribution in [0.3, 0.4) is 0 Å². The van der Waals surface area contributed by atoms with E-state index in [0.29, 0.717) is 51.4 Å². The lowest BCUT2D eigenvalue weighted by molar-refractivity contribution is -0.180. The highest BCUT2D eigenvalue weighted by Crippen LogP contribution is 2.57. The predicted molar refractivity (Wildman–Crippen MR) is 250 cm³/mol. The summed E-state index contributed by atoms with van der Waals surface area (Å²) in [6.07, 6.45) is 2.42. The number of fused-ring (bicyclic) bond motifs is 8. The topological polar surface area (TPSA) is 179 Å². The monoisotopic (exact) mass is 969 g/mol. The summed E-state index contributed by atoms with van der Waals surface area (Å²) in [5, 5.41) is 0. The zero-order valence-electron chi connectivity index (χ0n) is 43.4. The van der Waals surface area contributed by atoms with Gasteiger partial charge in [-0.05, 0) is 124 Å². The van der Waals surface area contributed by atoms with Crippen molar-refractivity contribution in [2.24, 2.45) is 71.0 Å². The number of esters is 4. The van der Waals surface area contributed by atoms with Gasteiger partial charge in [-0.2, -0.15) is 0 Å². The third-order valence-electron chi connectivity index (χ3n) is 17.5. The van der Waals surface area contributed by atoms with Gasteiger partial charge in [-0.25, -0.2) is 0 Å². The third-order valence-corrected chi connectivity index (χ3v) is 17.5. The summed E-state index contributed by atoms with van der Waals surface area (Å²) in [6.45, 7) is 8.22. The van der Waals surface area contributed by atoms with E-state index >= 15 is 0 Å². The number of ether oxygens (including phenoxy) is 12. The Labute approximate surface area is 406 Å². The van der Waals surface area contributed by atoms with Gasteiger partial charge in [0.2, 0.25) is 0 Å². The number of carbonyl (C=O) groups is 4. The van der Waals surface area contributed by atoms with Crippen LogP contribution in [-0.2, 0) is 76.0 Å². The first-order chi connectivity index (χ1) is 32.8. The van der Waals surface area contributed by atoms with E-state index in [2.05, 4.69) is 0 Å². The average molecular weight is 969 g/mol. The van der Waals surface area contributed by atoms with Gasteiger partial charge in [-0.3, -0.25) is 19.2 Å². The van der Waals surface area contributed by atoms with E-state index < -0.39 is 0 Å². The number of methoxy groups -OCH3 is 8. The molecule has 16 heteroatoms. The lowest BCUT2D eigenvalue weighted by Gasteiger charge is -2.56. The molecule has 5 fully saturated rings. The van der Waals surface area contributed by atoms with E-state index in [0.717, 1.165) is 0 Å². The van der Waals surface area contributed by atoms with Gasteiger partial charge in [0.15, 0.2) is 0 Å². The van der Waals surface area contributed by atoms with Crippen molar-refractivity contribution >= 4 is 23.9 Å². The molecule has 0 amide bonds. The first-order valence-corrected chi connectivity index (χ1v) is 25.7. The van der Waals surface area contributed by atoms with E-state index in [1.807, 2.05) is 27.7 Å². The van der Waals surface area contributed by atoms with Gasteiger partial charge in [-0.15, -0.1) is 0 Å². The summed E-state index contributed by atoms with van der Waals surface area (Å²) < 4.78 is 74.7. The highest BCUT2D eigenvalue weighted by Gasteiger charge is 2.57. The molecule has 0 spiro atoms. The van der Waals surface area contributed by atoms with E-state index in [9.17, 15) is 19.2 Å². The maximum Gasteiger partial charge on any atom is 0.306 e. The average Bonchev–Trinajstić information content (AvgIpc) is 3.34. The van der Waals surface area contributed by atoms with Crippen molar-refractivity contribution < 1.29 is 76.0 Å². The summed E-state index contributed by atoms with van der Waals surface area (Å²) in [7, 11) is 13.8. The van der Waals surface area contributed by atoms with Gasteiger partial charge in [0.1, 0.15) is 0 Å². The molecule has 0 saturated heterocycles. The van der Waals surface area contributed by atoms with Crippen LogP contribution in [0.5, 0.6) is 0 Å². The molecule has 68 heavy (non-hydrogen) atoms. The van der Waals surface area contributed by atoms with Crippen molar-refractivity contribution in [3.63, 3.8) is 0 Å². The van der Waals surface area contributed by atoms with E-state index in [-0.39, 0.29) is 196 Å². The molecular weight excluding hydrogens is 881 g/mol. The Morgan fingerprint density at radius 1 is 0.279 bits per heavy atom. The largest absolute Gasteiger partial charge is 0.466 e. The molecule has 5 aliphatic carbocycles. The van der Waals surface area contributed by atoms with Crippen molar-refractivity contribution in [3.8, 4) is 0 Å². The van der Waals surface area contributed by atoms with Crippen LogP contribution >= 0.6 is 0 Å². The van der Waals surface area contributed by atoms with Crippen molar-refractivity contribution in [1.82, 2.24) is 0 Å². The molecule has 392 valence electrons. The van der Waals surface area contributed by atoms with Crippen molar-refractivity contribution in [3.05, 3.63) is 0 Å². The molecule has 16 atom stereocenters. The van der Waals surface area contributed by atoms with E-state index in [1.165, 1.54) is 0 Å². The lowest BCUT2D eigenvalue weighted by atomic mass is 9.53. The number of carbonyl (C=O) groups excluding carboxylic acids is 4. The summed E-state index contributed by atoms with van der Waals surface area (Å²) in [5.74, 6) is -3.90. The zero-order valence-corrected chi connectivity index (χ0v) is 43.4. The maximum absolute atomic E-state index is 14.0. The SMILES string of the molecule is CCOC(=O)CC1C2CC(C(OC)CC2OC)C(CC(=O)OCC)C2CC(C(OC)CC2OC)C(CC(=O)OCC)C2CC(C(OC)CC2OC)C(CC(=O)OCC)C2CC1C(OC)CC2OC. The van der Waals surface area contributed by atoms with Crippen LogP contribution in [0.25, 0.3) is 0 Å². The van der Waals surface area contributed by atoms with E-state index in [1.54, 1.807) is 56.9 Å². The van der Waals surface area contributed by atoms with Crippen LogP contribution in [0.4, 0.5) is 0 Å². The fourth-order valence-corrected chi connectivity index (χ4v) is 14.7. The number of hydrogen-bond acceptors (Lipinski definition) is 16. The molecule has 0 radical (unpaired) electrons. The van der Waals surface area contributed by atoms with Gasteiger partial charge in [0, 0.05) is 108 Å². The molecule has 16 nitrogen and oxygen atoms in total. The Hall–Kier alpha value is -2.44. The Balaban J connectivity index is 1.85. The second-order valence-electron chi connectivity index (χ2n) is 20.1. The first kappa shape index (κ1) is 56.5. The van der Waals surface area contributed by atoms with Gasteiger partial charge >= 0.3 is 23.9 Å². The normalized spacial score (nSPS) is 39.6. The summed E-state index contributed by atoms with van der Waals surface area (Å²) >= 11 is 0. The predicted octanol–water partition coefficient (Wildman–Crippen LogP) is 6.50. The molecular formula is C52H88O16. The first-order valence-electron chi connectivity index (χ1n) is 25.7. The molecule has 0 N–H and O–H groups in total. The fourth-order valence-electron chi connectivity index (χ4n) is 14.7. The Morgan fingerprint density at radius 3 is 0.544 bits per heavy atom. The van der Waals surface area contributed by atoms with Crippen LogP contribution < -0.4 is 0 Å². The Bertz CT molecular complexity index is 1270. The fraction of sp³-hybridized carbons (Fsp3) is 0.923. The third kappa shape index (κ3) is 13.1. The molecule has 5 rings (SSSR count). The maximum atomic E-state index is 14.0. The lowest BCUT2D eigenvalue weighted by Crippen LogP contribution is -2.57. The molecule has 0 aromatic heterocycles. The van der Waals surface area contributed by atoms with Gasteiger partial charge in [-0.1, -0.05) is 0 Å². The Kier molecular flexibility index (Phi) is 22.8. The second-order valence-corrected chi connectivity index (χ2v) is 20.1. The summed E-state index contributed by atoms with van der Waals surface area (Å²) in [6, 6.07) is 0. The zero-order chi connectivity index (χ0) is 49.7. The van der Waals surface area contributed by atoms with Gasteiger partial charge < -0.3 is 56.8 Å². The quantitative estimate of drug-likeness (QED) is 0.0953. The van der Waals surface area contributed by atoms with Crippen LogP contribution in [-0.4, -0.2) is 156 Å². The molecule has 16 unspecified atom stereocenters.